The van der Waals surface area contributed by atoms with Gasteiger partial charge in [0.15, 0.2) is 5.78 Å². The van der Waals surface area contributed by atoms with Crippen LogP contribution in [0.25, 0.3) is 28.3 Å². The molecule has 19 nitrogen and oxygen atoms in total. The van der Waals surface area contributed by atoms with Crippen LogP contribution in [-0.4, -0.2) is 105 Å². The maximum Gasteiger partial charge on any atom is 0.667 e. The van der Waals surface area contributed by atoms with Crippen LogP contribution in [0.4, 0.5) is 0 Å². The third kappa shape index (κ3) is 37.4. The predicted molar refractivity (Wildman–Crippen MR) is 400 cm³/mol. The normalized spacial score (nSPS) is 9.44. The number of carboxylic acids is 1. The molecule has 0 aliphatic carbocycles. The van der Waals surface area contributed by atoms with Gasteiger partial charge in [0.05, 0.1) is 41.7 Å². The van der Waals surface area contributed by atoms with Gasteiger partial charge in [-0.05, 0) is 100 Å². The number of aromatic carboxylic acids is 1. The number of aromatic nitrogens is 13. The van der Waals surface area contributed by atoms with Crippen molar-refractivity contribution in [2.24, 2.45) is 5.10 Å². The van der Waals surface area contributed by atoms with E-state index in [1.54, 1.807) is 50.0 Å². The number of carbonyl (C=O) groups excluding carboxylic acids is 1. The molecule has 10 aromatic rings. The lowest BCUT2D eigenvalue weighted by molar-refractivity contribution is -0.655. The molecular weight excluding hydrogens is 1170 g/mol. The highest BCUT2D eigenvalue weighted by atomic mass is 16.4. The van der Waals surface area contributed by atoms with Crippen LogP contribution < -0.4 is 4.68 Å². The van der Waals surface area contributed by atoms with Crippen molar-refractivity contribution in [2.45, 2.75) is 180 Å². The van der Waals surface area contributed by atoms with Gasteiger partial charge in [-0.15, -0.1) is 0 Å². The molecule has 516 valence electrons. The number of carboxylic acid groups (broad SMARTS) is 1. The Balaban J connectivity index is -0.000000238. The Morgan fingerprint density at radius 3 is 1.19 bits per heavy atom. The second-order valence-corrected chi connectivity index (χ2v) is 15.1. The summed E-state index contributed by atoms with van der Waals surface area (Å²) in [6, 6.07) is 46.3. The number of nitrogens with zero attached hydrogens (tertiary/aromatic N) is 13. The summed E-state index contributed by atoms with van der Waals surface area (Å²) in [5.41, 5.74) is 5.73. The summed E-state index contributed by atoms with van der Waals surface area (Å²) in [6.07, 6.45) is 26.1. The molecular formula is C74H119BN15O4+. The van der Waals surface area contributed by atoms with E-state index in [1.165, 1.54) is 26.1 Å². The number of rotatable bonds is 9. The molecule has 1 aliphatic heterocycles. The first-order valence-electron chi connectivity index (χ1n) is 33.5. The van der Waals surface area contributed by atoms with Crippen molar-refractivity contribution in [3.8, 4) is 28.3 Å². The van der Waals surface area contributed by atoms with Gasteiger partial charge in [0, 0.05) is 72.7 Å². The number of hydrazone groups is 1. The molecule has 0 saturated carbocycles. The molecule has 0 spiro atoms. The second-order valence-electron chi connectivity index (χ2n) is 15.1. The van der Waals surface area contributed by atoms with Gasteiger partial charge in [-0.25, -0.2) is 29.7 Å². The van der Waals surface area contributed by atoms with E-state index in [4.69, 9.17) is 10.2 Å². The van der Waals surface area contributed by atoms with Crippen molar-refractivity contribution in [3.05, 3.63) is 237 Å². The summed E-state index contributed by atoms with van der Waals surface area (Å²) < 4.78 is 9.32. The fourth-order valence-electron chi connectivity index (χ4n) is 6.61. The zero-order valence-corrected chi connectivity index (χ0v) is 61.7. The van der Waals surface area contributed by atoms with Crippen LogP contribution in [0.15, 0.2) is 236 Å². The molecule has 0 radical (unpaired) electrons. The van der Waals surface area contributed by atoms with Crippen molar-refractivity contribution < 1.29 is 29.1 Å². The number of ketones is 1. The summed E-state index contributed by atoms with van der Waals surface area (Å²) >= 11 is 0. The second kappa shape index (κ2) is 68.9. The minimum atomic E-state index is -1.80. The zero-order valence-electron chi connectivity index (χ0n) is 61.7. The summed E-state index contributed by atoms with van der Waals surface area (Å²) in [6.45, 7) is 46.7. The minimum absolute atomic E-state index is 0.0787. The molecule has 0 amide bonds. The number of pyridine rings is 3. The fourth-order valence-corrected chi connectivity index (χ4v) is 6.61. The van der Waals surface area contributed by atoms with Crippen molar-refractivity contribution in [1.29, 1.82) is 0 Å². The van der Waals surface area contributed by atoms with Gasteiger partial charge in [0.1, 0.15) is 11.9 Å². The van der Waals surface area contributed by atoms with E-state index in [1.807, 2.05) is 328 Å². The topological polar surface area (TPSA) is 230 Å². The molecule has 9 heterocycles. The van der Waals surface area contributed by atoms with Crippen LogP contribution in [-0.2, 0) is 4.79 Å². The minimum Gasteiger partial charge on any atom is -0.512 e. The molecule has 8 aromatic heterocycles. The summed E-state index contributed by atoms with van der Waals surface area (Å²) in [5, 5.41) is 44.5. The van der Waals surface area contributed by atoms with Gasteiger partial charge in [-0.3, -0.25) is 19.9 Å². The van der Waals surface area contributed by atoms with Crippen LogP contribution in [0.1, 0.15) is 190 Å². The number of benzene rings is 2. The van der Waals surface area contributed by atoms with E-state index in [-0.39, 0.29) is 17.2 Å². The van der Waals surface area contributed by atoms with Crippen LogP contribution in [0.2, 0.25) is 0 Å². The van der Waals surface area contributed by atoms with E-state index in [0.29, 0.717) is 5.57 Å². The number of allylic oxidation sites excluding steroid dienone is 2. The third-order valence-corrected chi connectivity index (χ3v) is 10.3. The first-order valence-corrected chi connectivity index (χ1v) is 33.5. The number of aliphatic hydroxyl groups excluding tert-OH is 1. The number of Topliss-reactive ketones (excluding diaryl/α,β-unsaturated/α-hetero) is 1. The van der Waals surface area contributed by atoms with E-state index < -0.39 is 12.7 Å². The summed E-state index contributed by atoms with van der Waals surface area (Å²) in [5.74, 6) is -0.960. The number of para-hydroxylation sites is 1. The highest BCUT2D eigenvalue weighted by Crippen LogP contribution is 2.16. The number of aromatic amines is 2. The van der Waals surface area contributed by atoms with Gasteiger partial charge in [0.2, 0.25) is 11.9 Å². The zero-order chi connectivity index (χ0) is 72.8. The van der Waals surface area contributed by atoms with Crippen LogP contribution in [0.5, 0.6) is 0 Å². The lowest BCUT2D eigenvalue weighted by atomic mass is 9.75. The van der Waals surface area contributed by atoms with Crippen molar-refractivity contribution in [2.75, 3.05) is 0 Å². The molecule has 20 heteroatoms. The molecule has 4 N–H and O–H groups in total. The molecule has 11 rings (SSSR count). The molecule has 0 unspecified atom stereocenters. The SMILES string of the molecule is C1=N[N+]([B-](n2cccn2)(n2cccn2)n2cccn2)=CC1.CC.CC.CC.CC.CC.CC.CC.CC.CC.CC.CC.CC(=O)/C(C)=C(/C)O.O=C(O)c1ccccn1.c1ccc(-[n+]2ccc[nH]2)cc1.c1ccc(-c2ccccn2)cc1.c1ccc(-c2ccn[nH]2)nc1. The Bertz CT molecular complexity index is 2970. The average Bonchev–Trinajstić information content (AvgIpc) is 1.51. The quantitative estimate of drug-likeness (QED) is 0.0459. The third-order valence-electron chi connectivity index (χ3n) is 10.3. The summed E-state index contributed by atoms with van der Waals surface area (Å²) in [4.78, 5) is 32.5. The van der Waals surface area contributed by atoms with E-state index >= 15 is 0 Å². The number of aliphatic hydroxyl groups is 1. The van der Waals surface area contributed by atoms with E-state index in [9.17, 15) is 9.59 Å². The lowest BCUT2D eigenvalue weighted by Crippen LogP contribution is -2.66. The average molecular weight is 1290 g/mol. The van der Waals surface area contributed by atoms with Crippen molar-refractivity contribution in [1.82, 2.24) is 59.3 Å². The van der Waals surface area contributed by atoms with Gasteiger partial charge in [-0.2, -0.15) is 10.2 Å². The van der Waals surface area contributed by atoms with Crippen LogP contribution >= 0.6 is 0 Å². The molecule has 0 saturated heterocycles. The highest BCUT2D eigenvalue weighted by Gasteiger charge is 2.52. The van der Waals surface area contributed by atoms with E-state index in [0.717, 1.165) is 34.8 Å². The molecule has 0 fully saturated rings. The monoisotopic (exact) mass is 1290 g/mol. The number of hydrogen-bond acceptors (Lipinski definition) is 11. The smallest absolute Gasteiger partial charge is 0.512 e. The molecule has 0 atom stereocenters. The van der Waals surface area contributed by atoms with Crippen molar-refractivity contribution >= 4 is 30.9 Å². The Morgan fingerprint density at radius 1 is 0.468 bits per heavy atom. The molecule has 1 aliphatic rings. The summed E-state index contributed by atoms with van der Waals surface area (Å²) in [7, 11) is 0. The van der Waals surface area contributed by atoms with Crippen molar-refractivity contribution in [3.63, 3.8) is 0 Å². The predicted octanol–water partition coefficient (Wildman–Crippen LogP) is 19.1. The van der Waals surface area contributed by atoms with Gasteiger partial charge in [0.25, 0.3) is 0 Å². The number of nitrogens with one attached hydrogen (secondary N) is 2. The maximum absolute atomic E-state index is 10.4. The number of H-pyrrole nitrogens is 2. The molecule has 0 bridgehead atoms. The largest absolute Gasteiger partial charge is 0.667 e. The Hall–Kier alpha value is -9.98. The first-order chi connectivity index (χ1) is 46.2. The van der Waals surface area contributed by atoms with Crippen LogP contribution in [0.3, 0.4) is 0 Å². The standard InChI is InChI=1S/C12H13BN8.C11H9N.C9H8N2.C8H7N3.C6H5NO2.C6H10O2.11C2H6/c1-5-14-18(9-1)13(19-10-2-6-15-19,20-11-3-7-16-20)21-12-4-8-17-21;1-2-6-10(7-3-1)11-8-4-5-9-12-11;1-2-5-9(6-3-1)11-8-4-7-10-11;1-2-5-9-7(3-1)8-4-6-10-11-8;8-6(9)5-3-1-2-4-7-5;1-4(5(2)7)6(3)8;11*1-2/h1-3,5-12H,4H2;1-9H;1-8H;1-6H,(H,10,11);1-4H,(H,8,9);7H,1-3H3;11*1-2H3/p+1/b;;;;;5-4-;;;;;;;;;;;. The van der Waals surface area contributed by atoms with E-state index in [2.05, 4.69) is 74.9 Å². The number of hydrogen-bond donors (Lipinski definition) is 4. The Labute approximate surface area is 566 Å². The first kappa shape index (κ1) is 95.1. The molecule has 94 heavy (non-hydrogen) atoms. The van der Waals surface area contributed by atoms with Crippen LogP contribution in [0, 0.1) is 0 Å². The number of carbonyl (C=O) groups is 2. The molecule has 2 aromatic carbocycles. The Morgan fingerprint density at radius 2 is 0.894 bits per heavy atom. The highest BCUT2D eigenvalue weighted by molar-refractivity contribution is 6.67. The maximum atomic E-state index is 10.4. The fraction of sp³-hybridized carbons (Fsp3) is 0.351. The Kier molecular flexibility index (Phi) is 69.8. The lowest BCUT2D eigenvalue weighted by Gasteiger charge is -2.32. The van der Waals surface area contributed by atoms with Gasteiger partial charge < -0.3 is 24.0 Å². The van der Waals surface area contributed by atoms with Gasteiger partial charge >= 0.3 is 12.7 Å². The van der Waals surface area contributed by atoms with Gasteiger partial charge in [-0.1, -0.05) is 229 Å².